The first kappa shape index (κ1) is 45.1. The zero-order chi connectivity index (χ0) is 46.1. The van der Waals surface area contributed by atoms with Crippen LogP contribution in [-0.4, -0.2) is 92.1 Å². The molecular weight excluding hydrogens is 953 g/mol. The zero-order valence-electron chi connectivity index (χ0n) is 39.4. The molecule has 8 bridgehead atoms. The molecule has 1 radical (unpaired) electrons. The number of fused-ring (bicyclic) bond motifs is 8. The largest absolute Gasteiger partial charge is 0.500 e. The van der Waals surface area contributed by atoms with Crippen LogP contribution in [0.1, 0.15) is 45.9 Å². The van der Waals surface area contributed by atoms with Crippen LogP contribution in [0.5, 0.6) is 0 Å². The van der Waals surface area contributed by atoms with Crippen molar-refractivity contribution >= 4 is 39.9 Å². The third kappa shape index (κ3) is 8.57. The molecule has 0 spiro atoms. The van der Waals surface area contributed by atoms with Crippen LogP contribution in [0.4, 0.5) is 0 Å². The molecule has 353 valence electrons. The molecule has 12 rings (SSSR count). The summed E-state index contributed by atoms with van der Waals surface area (Å²) < 4.78 is 0. The minimum atomic E-state index is 0. The third-order valence-electron chi connectivity index (χ3n) is 14.0. The standard InChI is InChI=1S/C61H56N8.Ag/c1-47-55(48-23-9-2-10-24-48)62-37-38-63-43-68(60(53-33-19-7-20-34-53)57(63)50-27-13-4-14-28-50)46-69-44-65(58(51-29-15-5-16-30-51)61(69)54-35-21-8-22-36-54)40-39-64-42-67(45-66(47)41-62)59(52-31-17-6-18-32-52)56(64)49-25-11-3-12-26-49;/h2-36,42-43H,37-41,44-46H2,1H3;/q-2;. The van der Waals surface area contributed by atoms with E-state index in [1.807, 2.05) is 0 Å². The first-order chi connectivity index (χ1) is 34.2. The Labute approximate surface area is 429 Å². The summed E-state index contributed by atoms with van der Waals surface area (Å²) in [5, 5.41) is 0. The Morgan fingerprint density at radius 2 is 0.514 bits per heavy atom. The summed E-state index contributed by atoms with van der Waals surface area (Å²) >= 11 is 0. The molecule has 7 aromatic carbocycles. The Hall–Kier alpha value is -7.36. The predicted octanol–water partition coefficient (Wildman–Crippen LogP) is 11.5. The van der Waals surface area contributed by atoms with Crippen molar-refractivity contribution in [3.8, 4) is 0 Å². The first-order valence-electron chi connectivity index (χ1n) is 24.2. The van der Waals surface area contributed by atoms with Gasteiger partial charge in [0.25, 0.3) is 0 Å². The number of rotatable bonds is 7. The van der Waals surface area contributed by atoms with Gasteiger partial charge in [0.1, 0.15) is 0 Å². The Morgan fingerprint density at radius 1 is 0.257 bits per heavy atom. The molecule has 0 N–H and O–H groups in total. The van der Waals surface area contributed by atoms with E-state index in [0.717, 1.165) is 39.5 Å². The van der Waals surface area contributed by atoms with Crippen LogP contribution in [0.15, 0.2) is 218 Å². The summed E-state index contributed by atoms with van der Waals surface area (Å²) in [5.74, 6) is 0. The topological polar surface area (TPSA) is 25.9 Å². The molecule has 9 heteroatoms. The van der Waals surface area contributed by atoms with Gasteiger partial charge >= 0.3 is 0 Å². The van der Waals surface area contributed by atoms with Gasteiger partial charge in [0, 0.05) is 82.6 Å². The molecule has 5 heterocycles. The summed E-state index contributed by atoms with van der Waals surface area (Å²) in [6.45, 7) is 13.1. The van der Waals surface area contributed by atoms with Crippen LogP contribution in [0.25, 0.3) is 39.9 Å². The minimum Gasteiger partial charge on any atom is -0.500 e. The normalized spacial score (nSPS) is 17.5. The Morgan fingerprint density at radius 3 is 0.871 bits per heavy atom. The summed E-state index contributed by atoms with van der Waals surface area (Å²) in [6, 6.07) is 77.1. The van der Waals surface area contributed by atoms with Crippen LogP contribution < -0.4 is 0 Å². The van der Waals surface area contributed by atoms with Gasteiger partial charge in [-0.1, -0.05) is 212 Å². The molecule has 1 fully saturated rings. The summed E-state index contributed by atoms with van der Waals surface area (Å²) in [7, 11) is 0. The number of hydrogen-bond acceptors (Lipinski definition) is 8. The Bertz CT molecular complexity index is 3040. The maximum atomic E-state index is 2.62. The number of hydrogen-bond donors (Lipinski definition) is 0. The average Bonchev–Trinajstić information content (AvgIpc) is 4.16. The SMILES string of the molecule is CC1=C(c2ccccc2)N2CCN3[CH-]N(CN4CN(CCN5[CH-]N(CN1C2)C(c1ccccc1)=C5c1ccccc1)C(c1ccccc1)=C4c1ccccc1)C(c1ccccc1)=C3c1ccccc1.[Ag]. The molecule has 7 aromatic rings. The van der Waals surface area contributed by atoms with Gasteiger partial charge in [0.2, 0.25) is 0 Å². The van der Waals surface area contributed by atoms with Crippen molar-refractivity contribution in [1.29, 1.82) is 0 Å². The maximum Gasteiger partial charge on any atom is 0.0921 e. The zero-order valence-corrected chi connectivity index (χ0v) is 40.9. The van der Waals surface area contributed by atoms with Crippen LogP contribution in [0.3, 0.4) is 0 Å². The fourth-order valence-corrected chi connectivity index (χ4v) is 10.9. The molecule has 0 saturated carbocycles. The van der Waals surface area contributed by atoms with Crippen molar-refractivity contribution in [1.82, 2.24) is 39.2 Å². The van der Waals surface area contributed by atoms with Gasteiger partial charge in [-0.2, -0.15) is 13.3 Å². The van der Waals surface area contributed by atoms with Crippen molar-refractivity contribution in [2.45, 2.75) is 6.92 Å². The van der Waals surface area contributed by atoms with E-state index in [9.17, 15) is 0 Å². The van der Waals surface area contributed by atoms with E-state index in [1.54, 1.807) is 0 Å². The van der Waals surface area contributed by atoms with E-state index >= 15 is 0 Å². The van der Waals surface area contributed by atoms with E-state index in [0.29, 0.717) is 13.3 Å². The molecule has 5 aliphatic heterocycles. The second kappa shape index (κ2) is 19.9. The second-order valence-electron chi connectivity index (χ2n) is 18.3. The van der Waals surface area contributed by atoms with Gasteiger partial charge in [-0.25, -0.2) is 0 Å². The van der Waals surface area contributed by atoms with Crippen LogP contribution in [0.2, 0.25) is 0 Å². The van der Waals surface area contributed by atoms with Crippen molar-refractivity contribution in [2.75, 3.05) is 52.9 Å². The first-order valence-corrected chi connectivity index (χ1v) is 24.2. The quantitative estimate of drug-likeness (QED) is 0.115. The van der Waals surface area contributed by atoms with E-state index in [2.05, 4.69) is 272 Å². The smallest absolute Gasteiger partial charge is 0.0921 e. The number of benzene rings is 7. The monoisotopic (exact) mass is 1010 g/mol. The van der Waals surface area contributed by atoms with Gasteiger partial charge in [-0.15, -0.1) is 0 Å². The van der Waals surface area contributed by atoms with Gasteiger partial charge in [0.05, 0.1) is 43.8 Å². The predicted molar refractivity (Wildman–Crippen MR) is 280 cm³/mol. The number of nitrogens with zero attached hydrogens (tertiary/aromatic N) is 8. The molecule has 70 heavy (non-hydrogen) atoms. The van der Waals surface area contributed by atoms with Gasteiger partial charge in [0.15, 0.2) is 0 Å². The van der Waals surface area contributed by atoms with E-state index in [1.165, 1.54) is 84.5 Å². The van der Waals surface area contributed by atoms with E-state index in [4.69, 9.17) is 0 Å². The minimum absolute atomic E-state index is 0. The van der Waals surface area contributed by atoms with Crippen LogP contribution in [0, 0.1) is 13.3 Å². The summed E-state index contributed by atoms with van der Waals surface area (Å²) in [4.78, 5) is 20.5. The molecule has 0 aromatic heterocycles. The molecule has 0 unspecified atom stereocenters. The van der Waals surface area contributed by atoms with Crippen LogP contribution >= 0.6 is 0 Å². The van der Waals surface area contributed by atoms with Crippen molar-refractivity contribution in [3.05, 3.63) is 270 Å². The second-order valence-corrected chi connectivity index (χ2v) is 18.3. The maximum absolute atomic E-state index is 2.62. The van der Waals surface area contributed by atoms with Crippen molar-refractivity contribution in [3.63, 3.8) is 0 Å². The number of allylic oxidation sites excluding steroid dienone is 1. The van der Waals surface area contributed by atoms with E-state index < -0.39 is 0 Å². The fraction of sp³-hybridized carbons (Fsp3) is 0.148. The molecule has 1 saturated heterocycles. The average molecular weight is 1010 g/mol. The van der Waals surface area contributed by atoms with Gasteiger partial charge in [-0.3, -0.25) is 0 Å². The molecule has 8 nitrogen and oxygen atoms in total. The Balaban J connectivity index is 0.00000533. The summed E-state index contributed by atoms with van der Waals surface area (Å²) in [6.07, 6.45) is 0. The molecular formula is C61H56AgN8-2. The molecule has 0 atom stereocenters. The van der Waals surface area contributed by atoms with Crippen LogP contribution in [-0.2, 0) is 22.4 Å². The molecule has 5 aliphatic rings. The van der Waals surface area contributed by atoms with Crippen molar-refractivity contribution < 1.29 is 22.4 Å². The molecule has 0 aliphatic carbocycles. The van der Waals surface area contributed by atoms with Gasteiger partial charge < -0.3 is 39.2 Å². The summed E-state index contributed by atoms with van der Waals surface area (Å²) in [5.41, 5.74) is 18.4. The third-order valence-corrected chi connectivity index (χ3v) is 14.0. The van der Waals surface area contributed by atoms with E-state index in [-0.39, 0.29) is 22.4 Å². The molecule has 0 amide bonds. The Kier molecular flexibility index (Phi) is 12.8. The van der Waals surface area contributed by atoms with Gasteiger partial charge in [-0.05, 0) is 40.3 Å². The van der Waals surface area contributed by atoms with Crippen molar-refractivity contribution in [2.24, 2.45) is 0 Å². The fourth-order valence-electron chi connectivity index (χ4n) is 10.9.